The average molecular weight is 1210 g/mol. The number of aliphatic hydroxyl groups excluding tert-OH is 5. The highest BCUT2D eigenvalue weighted by Crippen LogP contribution is 2.23. The van der Waals surface area contributed by atoms with Crippen molar-refractivity contribution in [3.8, 4) is 0 Å². The van der Waals surface area contributed by atoms with Crippen molar-refractivity contribution in [3.63, 3.8) is 0 Å². The molecule has 504 valence electrons. The van der Waals surface area contributed by atoms with E-state index < -0.39 is 49.5 Å². The Kier molecular flexibility index (Phi) is 60.9. The molecule has 1 aliphatic heterocycles. The Hall–Kier alpha value is -2.38. The molecule has 1 rings (SSSR count). The number of hydrogen-bond donors (Lipinski definition) is 6. The van der Waals surface area contributed by atoms with E-state index >= 15 is 0 Å². The first kappa shape index (κ1) is 81.6. The Morgan fingerprint density at radius 2 is 0.779 bits per heavy atom. The van der Waals surface area contributed by atoms with Gasteiger partial charge in [0.25, 0.3) is 0 Å². The Labute approximate surface area is 529 Å². The molecule has 11 heteroatoms. The fourth-order valence-corrected chi connectivity index (χ4v) is 11.6. The molecular weight excluding hydrogens is 1070 g/mol. The van der Waals surface area contributed by atoms with Crippen LogP contribution in [0.15, 0.2) is 48.6 Å². The van der Waals surface area contributed by atoms with E-state index in [2.05, 4.69) is 55.6 Å². The first-order chi connectivity index (χ1) is 42.2. The number of allylic oxidation sites excluding steroid dienone is 7. The van der Waals surface area contributed by atoms with Crippen LogP contribution in [0.5, 0.6) is 0 Å². The van der Waals surface area contributed by atoms with E-state index in [1.54, 1.807) is 6.08 Å². The third kappa shape index (κ3) is 52.4. The lowest BCUT2D eigenvalue weighted by molar-refractivity contribution is -0.302. The standard InChI is InChI=1S/C75H139NO10/c1-3-5-7-9-11-13-14-43-47-51-55-59-63-71(80)84-64-60-56-52-48-44-41-39-37-35-33-31-29-27-25-23-21-19-17-15-16-18-20-22-24-26-28-30-32-34-36-38-40-42-46-50-54-58-62-70(79)76-67(68(78)61-57-53-49-45-12-10-8-6-4-2)66-85-75-74(83)73(82)72(81)69(65-77)86-75/h11,13,15,17,21,23,57,61,67-69,72-75,77-78,81-83H,3-10,12,14,16,18-20,22,24-56,58-60,62-66H2,1-2H3,(H,76,79)/b13-11-,17-15-,23-21-,61-57+. The Morgan fingerprint density at radius 3 is 1.21 bits per heavy atom. The van der Waals surface area contributed by atoms with E-state index in [1.807, 2.05) is 6.08 Å². The molecule has 0 bridgehead atoms. The fraction of sp³-hybridized carbons (Fsp3) is 0.867. The Bertz CT molecular complexity index is 1570. The summed E-state index contributed by atoms with van der Waals surface area (Å²) in [6.45, 7) is 4.32. The van der Waals surface area contributed by atoms with Crippen molar-refractivity contribution in [1.29, 1.82) is 0 Å². The zero-order valence-electron chi connectivity index (χ0n) is 56.0. The van der Waals surface area contributed by atoms with E-state index in [-0.39, 0.29) is 18.5 Å². The number of carbonyl (C=O) groups excluding carboxylic acids is 2. The van der Waals surface area contributed by atoms with Gasteiger partial charge in [-0.3, -0.25) is 9.59 Å². The highest BCUT2D eigenvalue weighted by Gasteiger charge is 2.44. The van der Waals surface area contributed by atoms with Crippen LogP contribution in [-0.4, -0.2) is 100 Å². The van der Waals surface area contributed by atoms with Gasteiger partial charge in [0, 0.05) is 12.8 Å². The smallest absolute Gasteiger partial charge is 0.305 e. The van der Waals surface area contributed by atoms with Gasteiger partial charge in [0.05, 0.1) is 32.0 Å². The summed E-state index contributed by atoms with van der Waals surface area (Å²) >= 11 is 0. The molecule has 0 aromatic heterocycles. The Balaban J connectivity index is 1.89. The van der Waals surface area contributed by atoms with Gasteiger partial charge < -0.3 is 45.1 Å². The molecule has 0 aromatic rings. The molecule has 1 amide bonds. The van der Waals surface area contributed by atoms with Crippen molar-refractivity contribution < 1.29 is 49.3 Å². The van der Waals surface area contributed by atoms with Gasteiger partial charge in [-0.15, -0.1) is 0 Å². The van der Waals surface area contributed by atoms with Crippen molar-refractivity contribution in [3.05, 3.63) is 48.6 Å². The van der Waals surface area contributed by atoms with Crippen LogP contribution in [-0.2, 0) is 23.8 Å². The molecule has 0 radical (unpaired) electrons. The van der Waals surface area contributed by atoms with E-state index in [9.17, 15) is 35.1 Å². The topological polar surface area (TPSA) is 175 Å². The zero-order chi connectivity index (χ0) is 62.3. The SMILES string of the molecule is CCCCC/C=C\CCCCCCCC(=O)OCCCCCCCCCCCCCCC/C=C\C/C=C\CCCCCCCCCCCCCCCCCCCC(=O)NC(COC1OC(CO)C(O)C(O)C1O)C(O)/C=C/CCCCCCCCC. The van der Waals surface area contributed by atoms with Crippen molar-refractivity contribution in [1.82, 2.24) is 5.32 Å². The monoisotopic (exact) mass is 1210 g/mol. The van der Waals surface area contributed by atoms with Crippen molar-refractivity contribution in [2.24, 2.45) is 0 Å². The number of aliphatic hydroxyl groups is 5. The number of hydrogen-bond acceptors (Lipinski definition) is 10. The van der Waals surface area contributed by atoms with Crippen LogP contribution in [0.2, 0.25) is 0 Å². The zero-order valence-corrected chi connectivity index (χ0v) is 56.0. The molecule has 11 nitrogen and oxygen atoms in total. The van der Waals surface area contributed by atoms with Gasteiger partial charge in [0.15, 0.2) is 6.29 Å². The Morgan fingerprint density at radius 1 is 0.430 bits per heavy atom. The molecule has 0 aliphatic carbocycles. The summed E-state index contributed by atoms with van der Waals surface area (Å²) in [6.07, 6.45) is 74.3. The average Bonchev–Trinajstić information content (AvgIpc) is 3.71. The molecular formula is C75H139NO10. The number of ether oxygens (including phenoxy) is 3. The molecule has 7 unspecified atom stereocenters. The van der Waals surface area contributed by atoms with E-state index in [4.69, 9.17) is 14.2 Å². The van der Waals surface area contributed by atoms with Gasteiger partial charge in [-0.05, 0) is 89.9 Å². The van der Waals surface area contributed by atoms with E-state index in [0.29, 0.717) is 19.4 Å². The highest BCUT2D eigenvalue weighted by atomic mass is 16.7. The summed E-state index contributed by atoms with van der Waals surface area (Å²) in [4.78, 5) is 25.0. The lowest BCUT2D eigenvalue weighted by atomic mass is 9.99. The van der Waals surface area contributed by atoms with Gasteiger partial charge in [-0.2, -0.15) is 0 Å². The summed E-state index contributed by atoms with van der Waals surface area (Å²) in [5, 5.41) is 54.3. The van der Waals surface area contributed by atoms with Gasteiger partial charge >= 0.3 is 5.97 Å². The molecule has 0 aromatic carbocycles. The van der Waals surface area contributed by atoms with Crippen LogP contribution in [0.4, 0.5) is 0 Å². The van der Waals surface area contributed by atoms with Crippen LogP contribution < -0.4 is 5.32 Å². The molecule has 0 spiro atoms. The molecule has 1 aliphatic rings. The maximum absolute atomic E-state index is 13.0. The summed E-state index contributed by atoms with van der Waals surface area (Å²) in [6, 6.07) is -0.807. The molecule has 0 saturated carbocycles. The molecule has 1 heterocycles. The third-order valence-corrected chi connectivity index (χ3v) is 17.4. The van der Waals surface area contributed by atoms with Gasteiger partial charge in [0.1, 0.15) is 24.4 Å². The van der Waals surface area contributed by atoms with Gasteiger partial charge in [-0.25, -0.2) is 0 Å². The first-order valence-electron chi connectivity index (χ1n) is 36.9. The van der Waals surface area contributed by atoms with E-state index in [0.717, 1.165) is 64.2 Å². The summed E-state index contributed by atoms with van der Waals surface area (Å²) in [5.74, 6) is -0.178. The lowest BCUT2D eigenvalue weighted by Gasteiger charge is -2.40. The number of nitrogens with one attached hydrogen (secondary N) is 1. The molecule has 7 atom stereocenters. The van der Waals surface area contributed by atoms with Crippen LogP contribution in [0, 0.1) is 0 Å². The normalized spacial score (nSPS) is 18.2. The largest absolute Gasteiger partial charge is 0.466 e. The van der Waals surface area contributed by atoms with Crippen LogP contribution in [0.3, 0.4) is 0 Å². The number of esters is 1. The number of rotatable bonds is 65. The predicted octanol–water partition coefficient (Wildman–Crippen LogP) is 19.1. The van der Waals surface area contributed by atoms with Gasteiger partial charge in [0.2, 0.25) is 5.91 Å². The summed E-state index contributed by atoms with van der Waals surface area (Å²) in [7, 11) is 0. The molecule has 6 N–H and O–H groups in total. The van der Waals surface area contributed by atoms with Crippen molar-refractivity contribution in [2.45, 2.75) is 397 Å². The molecule has 1 fully saturated rings. The van der Waals surface area contributed by atoms with Gasteiger partial charge in [-0.1, -0.05) is 300 Å². The number of amides is 1. The number of carbonyl (C=O) groups is 2. The first-order valence-corrected chi connectivity index (χ1v) is 36.9. The summed E-state index contributed by atoms with van der Waals surface area (Å²) in [5.41, 5.74) is 0. The second-order valence-electron chi connectivity index (χ2n) is 25.6. The summed E-state index contributed by atoms with van der Waals surface area (Å²) < 4.78 is 16.7. The minimum Gasteiger partial charge on any atom is -0.466 e. The molecule has 1 saturated heterocycles. The fourth-order valence-electron chi connectivity index (χ4n) is 11.6. The maximum Gasteiger partial charge on any atom is 0.305 e. The maximum atomic E-state index is 13.0. The van der Waals surface area contributed by atoms with Crippen molar-refractivity contribution in [2.75, 3.05) is 19.8 Å². The van der Waals surface area contributed by atoms with Crippen molar-refractivity contribution >= 4 is 11.9 Å². The quantitative estimate of drug-likeness (QED) is 0.0195. The lowest BCUT2D eigenvalue weighted by Crippen LogP contribution is -2.60. The minimum absolute atomic E-state index is 0.00242. The van der Waals surface area contributed by atoms with Crippen LogP contribution in [0.1, 0.15) is 354 Å². The minimum atomic E-state index is -1.57. The van der Waals surface area contributed by atoms with Crippen LogP contribution >= 0.6 is 0 Å². The third-order valence-electron chi connectivity index (χ3n) is 17.4. The molecule has 86 heavy (non-hydrogen) atoms. The highest BCUT2D eigenvalue weighted by molar-refractivity contribution is 5.76. The second-order valence-corrected chi connectivity index (χ2v) is 25.6. The van der Waals surface area contributed by atoms with E-state index in [1.165, 1.54) is 263 Å². The van der Waals surface area contributed by atoms with Crippen LogP contribution in [0.25, 0.3) is 0 Å². The second kappa shape index (κ2) is 64.2. The number of unbranched alkanes of at least 4 members (excludes halogenated alkanes) is 45. The predicted molar refractivity (Wildman–Crippen MR) is 361 cm³/mol.